The summed E-state index contributed by atoms with van der Waals surface area (Å²) in [4.78, 5) is 12.6. The standard InChI is InChI=1S/C21H25FN2O3.ClH/c1-3-11-27-18-8-6-14(12-19(18)26-4-2)21(25)24-17-7-5-15-13-23-10-9-16(15)20(17)22;/h5-8,12,23H,3-4,9-11,13H2,1-2H3,(H,24,25);1H. The first kappa shape index (κ1) is 22.0. The van der Waals surface area contributed by atoms with Crippen LogP contribution >= 0.6 is 12.4 Å². The summed E-state index contributed by atoms with van der Waals surface area (Å²) in [5.74, 6) is 0.374. The number of carbonyl (C=O) groups excluding carboxylic acids is 1. The van der Waals surface area contributed by atoms with E-state index in [1.165, 1.54) is 0 Å². The fourth-order valence-corrected chi connectivity index (χ4v) is 3.07. The average Bonchev–Trinajstić information content (AvgIpc) is 2.69. The van der Waals surface area contributed by atoms with Gasteiger partial charge in [-0.1, -0.05) is 13.0 Å². The monoisotopic (exact) mass is 408 g/mol. The molecule has 1 heterocycles. The summed E-state index contributed by atoms with van der Waals surface area (Å²) in [7, 11) is 0. The third-order valence-electron chi connectivity index (χ3n) is 4.42. The molecule has 2 aromatic carbocycles. The topological polar surface area (TPSA) is 59.6 Å². The molecule has 2 N–H and O–H groups in total. The van der Waals surface area contributed by atoms with E-state index in [1.54, 1.807) is 24.3 Å². The van der Waals surface area contributed by atoms with E-state index in [1.807, 2.05) is 19.9 Å². The van der Waals surface area contributed by atoms with Crippen LogP contribution in [0.4, 0.5) is 10.1 Å². The average molecular weight is 409 g/mol. The van der Waals surface area contributed by atoms with Crippen molar-refractivity contribution >= 4 is 24.0 Å². The molecule has 0 aromatic heterocycles. The Hall–Kier alpha value is -2.31. The first-order valence-corrected chi connectivity index (χ1v) is 9.36. The molecular weight excluding hydrogens is 383 g/mol. The van der Waals surface area contributed by atoms with E-state index >= 15 is 0 Å². The molecular formula is C21H26ClFN2O3. The van der Waals surface area contributed by atoms with Crippen LogP contribution in [0.25, 0.3) is 0 Å². The molecule has 0 atom stereocenters. The number of nitrogens with one attached hydrogen (secondary N) is 2. The lowest BCUT2D eigenvalue weighted by atomic mass is 9.99. The maximum atomic E-state index is 14.7. The van der Waals surface area contributed by atoms with Crippen molar-refractivity contribution in [3.8, 4) is 11.5 Å². The summed E-state index contributed by atoms with van der Waals surface area (Å²) in [5.41, 5.74) is 2.20. The molecule has 0 radical (unpaired) electrons. The van der Waals surface area contributed by atoms with E-state index in [9.17, 15) is 9.18 Å². The van der Waals surface area contributed by atoms with Crippen LogP contribution < -0.4 is 20.1 Å². The minimum absolute atomic E-state index is 0. The maximum Gasteiger partial charge on any atom is 0.255 e. The summed E-state index contributed by atoms with van der Waals surface area (Å²) in [6.45, 7) is 6.30. The number of fused-ring (bicyclic) bond motifs is 1. The number of hydrogen-bond donors (Lipinski definition) is 2. The fraction of sp³-hybridized carbons (Fsp3) is 0.381. The van der Waals surface area contributed by atoms with E-state index in [2.05, 4.69) is 10.6 Å². The van der Waals surface area contributed by atoms with Crippen LogP contribution in [0.3, 0.4) is 0 Å². The van der Waals surface area contributed by atoms with Crippen molar-refractivity contribution in [2.24, 2.45) is 0 Å². The van der Waals surface area contributed by atoms with E-state index in [4.69, 9.17) is 9.47 Å². The van der Waals surface area contributed by atoms with Gasteiger partial charge in [-0.3, -0.25) is 4.79 Å². The van der Waals surface area contributed by atoms with Gasteiger partial charge in [0.15, 0.2) is 11.5 Å². The predicted molar refractivity (Wildman–Crippen MR) is 110 cm³/mol. The second-order valence-corrected chi connectivity index (χ2v) is 6.39. The highest BCUT2D eigenvalue weighted by Crippen LogP contribution is 2.30. The fourth-order valence-electron chi connectivity index (χ4n) is 3.07. The van der Waals surface area contributed by atoms with Crippen LogP contribution in [-0.4, -0.2) is 25.7 Å². The van der Waals surface area contributed by atoms with E-state index < -0.39 is 0 Å². The number of carbonyl (C=O) groups is 1. The molecule has 0 unspecified atom stereocenters. The molecule has 7 heteroatoms. The highest BCUT2D eigenvalue weighted by molar-refractivity contribution is 6.04. The van der Waals surface area contributed by atoms with E-state index in [0.717, 1.165) is 18.5 Å². The van der Waals surface area contributed by atoms with Crippen LogP contribution in [0.5, 0.6) is 11.5 Å². The van der Waals surface area contributed by atoms with Gasteiger partial charge >= 0.3 is 0 Å². The van der Waals surface area contributed by atoms with E-state index in [0.29, 0.717) is 48.8 Å². The zero-order chi connectivity index (χ0) is 19.2. The van der Waals surface area contributed by atoms with Crippen LogP contribution in [0.2, 0.25) is 0 Å². The van der Waals surface area contributed by atoms with Crippen molar-refractivity contribution < 1.29 is 18.7 Å². The molecule has 1 aliphatic rings. The van der Waals surface area contributed by atoms with Crippen molar-refractivity contribution in [3.05, 3.63) is 52.8 Å². The number of hydrogen-bond acceptors (Lipinski definition) is 4. The Morgan fingerprint density at radius 2 is 2.00 bits per heavy atom. The second-order valence-electron chi connectivity index (χ2n) is 6.39. The van der Waals surface area contributed by atoms with Crippen molar-refractivity contribution in [3.63, 3.8) is 0 Å². The third kappa shape index (κ3) is 4.94. The summed E-state index contributed by atoms with van der Waals surface area (Å²) in [6.07, 6.45) is 1.49. The van der Waals surface area contributed by atoms with Crippen molar-refractivity contribution in [2.75, 3.05) is 25.1 Å². The molecule has 1 aliphatic heterocycles. The number of ether oxygens (including phenoxy) is 2. The van der Waals surface area contributed by atoms with Crippen molar-refractivity contribution in [1.29, 1.82) is 0 Å². The van der Waals surface area contributed by atoms with Gasteiger partial charge in [0.2, 0.25) is 0 Å². The van der Waals surface area contributed by atoms with Gasteiger partial charge in [-0.25, -0.2) is 4.39 Å². The molecule has 0 bridgehead atoms. The minimum atomic E-state index is -0.384. The first-order chi connectivity index (χ1) is 13.1. The lowest BCUT2D eigenvalue weighted by molar-refractivity contribution is 0.102. The lowest BCUT2D eigenvalue weighted by Crippen LogP contribution is -2.25. The zero-order valence-electron chi connectivity index (χ0n) is 16.1. The number of anilines is 1. The Bertz CT molecular complexity index is 830. The Kier molecular flexibility index (Phi) is 8.08. The maximum absolute atomic E-state index is 14.7. The van der Waals surface area contributed by atoms with Gasteiger partial charge in [-0.2, -0.15) is 0 Å². The normalized spacial score (nSPS) is 12.5. The summed E-state index contributed by atoms with van der Waals surface area (Å²) in [6, 6.07) is 8.46. The van der Waals surface area contributed by atoms with Crippen LogP contribution in [-0.2, 0) is 13.0 Å². The van der Waals surface area contributed by atoms with Gasteiger partial charge in [0.25, 0.3) is 5.91 Å². The molecule has 0 spiro atoms. The zero-order valence-corrected chi connectivity index (χ0v) is 17.0. The van der Waals surface area contributed by atoms with Gasteiger partial charge in [0.1, 0.15) is 5.82 Å². The highest BCUT2D eigenvalue weighted by atomic mass is 35.5. The number of amides is 1. The number of benzene rings is 2. The summed E-state index contributed by atoms with van der Waals surface area (Å²) < 4.78 is 26.0. The van der Waals surface area contributed by atoms with Crippen LogP contribution in [0, 0.1) is 5.82 Å². The molecule has 0 saturated carbocycles. The molecule has 152 valence electrons. The number of rotatable bonds is 7. The molecule has 1 amide bonds. The number of halogens is 2. The molecule has 0 fully saturated rings. The largest absolute Gasteiger partial charge is 0.490 e. The van der Waals surface area contributed by atoms with Gasteiger partial charge in [0.05, 0.1) is 18.9 Å². The van der Waals surface area contributed by atoms with Crippen LogP contribution in [0.15, 0.2) is 30.3 Å². The molecule has 2 aromatic rings. The SMILES string of the molecule is CCCOc1ccc(C(=O)Nc2ccc3c(c2F)CCNC3)cc1OCC.Cl. The molecule has 5 nitrogen and oxygen atoms in total. The lowest BCUT2D eigenvalue weighted by Gasteiger charge is -2.19. The quantitative estimate of drug-likeness (QED) is 0.715. The Balaban J connectivity index is 0.00000280. The smallest absolute Gasteiger partial charge is 0.255 e. The van der Waals surface area contributed by atoms with Gasteiger partial charge in [-0.15, -0.1) is 12.4 Å². The predicted octanol–water partition coefficient (Wildman–Crippen LogP) is 4.33. The van der Waals surface area contributed by atoms with Crippen molar-refractivity contribution in [1.82, 2.24) is 5.32 Å². The Labute approximate surface area is 171 Å². The summed E-state index contributed by atoms with van der Waals surface area (Å²) >= 11 is 0. The first-order valence-electron chi connectivity index (χ1n) is 9.36. The molecule has 0 saturated heterocycles. The summed E-state index contributed by atoms with van der Waals surface area (Å²) in [5, 5.41) is 5.89. The van der Waals surface area contributed by atoms with Gasteiger partial charge in [0, 0.05) is 12.1 Å². The second kappa shape index (κ2) is 10.3. The van der Waals surface area contributed by atoms with Gasteiger partial charge in [-0.05, 0) is 61.7 Å². The molecule has 0 aliphatic carbocycles. The highest BCUT2D eigenvalue weighted by Gasteiger charge is 2.19. The minimum Gasteiger partial charge on any atom is -0.490 e. The van der Waals surface area contributed by atoms with Crippen molar-refractivity contribution in [2.45, 2.75) is 33.2 Å². The Morgan fingerprint density at radius 1 is 1.18 bits per heavy atom. The Morgan fingerprint density at radius 3 is 2.75 bits per heavy atom. The molecule has 28 heavy (non-hydrogen) atoms. The van der Waals surface area contributed by atoms with Gasteiger partial charge < -0.3 is 20.1 Å². The van der Waals surface area contributed by atoms with E-state index in [-0.39, 0.29) is 29.8 Å². The molecule has 3 rings (SSSR count). The van der Waals surface area contributed by atoms with Crippen LogP contribution in [0.1, 0.15) is 41.8 Å². The third-order valence-corrected chi connectivity index (χ3v) is 4.42.